The monoisotopic (exact) mass is 283 g/mol. The maximum Gasteiger partial charge on any atom is 0.171 e. The summed E-state index contributed by atoms with van der Waals surface area (Å²) in [5, 5.41) is 12.5. The van der Waals surface area contributed by atoms with Gasteiger partial charge >= 0.3 is 0 Å². The minimum absolute atomic E-state index is 0.0480. The van der Waals surface area contributed by atoms with Gasteiger partial charge in [0.05, 0.1) is 16.2 Å². The standard InChI is InChI=1S/C11H10ClN3O2S/c1-6-8(3-5-17-6)18-11-9(12)7(2-4-14-11)10(13)15-16/h2-5,16H,1H3,(H2,13,15). The summed E-state index contributed by atoms with van der Waals surface area (Å²) < 4.78 is 5.20. The van der Waals surface area contributed by atoms with Crippen LogP contribution in [0.15, 0.2) is 44.1 Å². The van der Waals surface area contributed by atoms with Crippen LogP contribution in [0.5, 0.6) is 0 Å². The average molecular weight is 284 g/mol. The molecular formula is C11H10ClN3O2S. The molecule has 2 heterocycles. The van der Waals surface area contributed by atoms with Crippen LogP contribution in [0, 0.1) is 6.92 Å². The Balaban J connectivity index is 2.38. The van der Waals surface area contributed by atoms with Gasteiger partial charge in [0.15, 0.2) is 5.84 Å². The van der Waals surface area contributed by atoms with Crippen molar-refractivity contribution in [2.75, 3.05) is 0 Å². The number of pyridine rings is 1. The molecule has 0 saturated carbocycles. The summed E-state index contributed by atoms with van der Waals surface area (Å²) in [6.07, 6.45) is 3.15. The van der Waals surface area contributed by atoms with E-state index in [0.29, 0.717) is 15.6 Å². The summed E-state index contributed by atoms with van der Waals surface area (Å²) in [5.41, 5.74) is 5.97. The fraction of sp³-hybridized carbons (Fsp3) is 0.0909. The molecule has 2 aromatic rings. The molecule has 0 amide bonds. The summed E-state index contributed by atoms with van der Waals surface area (Å²) in [6, 6.07) is 3.41. The number of halogens is 1. The van der Waals surface area contributed by atoms with Crippen molar-refractivity contribution in [1.82, 2.24) is 4.98 Å². The molecule has 0 saturated heterocycles. The molecule has 0 aliphatic heterocycles. The van der Waals surface area contributed by atoms with Crippen LogP contribution in [0.25, 0.3) is 0 Å². The minimum atomic E-state index is -0.0480. The number of furan rings is 1. The van der Waals surface area contributed by atoms with Crippen molar-refractivity contribution in [3.05, 3.63) is 40.9 Å². The lowest BCUT2D eigenvalue weighted by atomic mass is 10.2. The lowest BCUT2D eigenvalue weighted by Crippen LogP contribution is -2.14. The molecule has 0 bridgehead atoms. The third-order valence-corrected chi connectivity index (χ3v) is 3.90. The molecule has 0 atom stereocenters. The molecule has 0 unspecified atom stereocenters. The Hall–Kier alpha value is -1.66. The minimum Gasteiger partial charge on any atom is -0.468 e. The molecule has 0 fully saturated rings. The van der Waals surface area contributed by atoms with Gasteiger partial charge in [-0.05, 0) is 19.1 Å². The summed E-state index contributed by atoms with van der Waals surface area (Å²) in [7, 11) is 0. The van der Waals surface area contributed by atoms with E-state index < -0.39 is 0 Å². The molecule has 0 aliphatic rings. The fourth-order valence-corrected chi connectivity index (χ4v) is 2.49. The normalized spacial score (nSPS) is 11.8. The Morgan fingerprint density at radius 1 is 1.56 bits per heavy atom. The van der Waals surface area contributed by atoms with Crippen molar-refractivity contribution in [3.8, 4) is 0 Å². The van der Waals surface area contributed by atoms with E-state index in [2.05, 4.69) is 10.1 Å². The Bertz CT molecular complexity index is 598. The molecule has 0 radical (unpaired) electrons. The van der Waals surface area contributed by atoms with Gasteiger partial charge in [0.25, 0.3) is 0 Å². The molecule has 0 spiro atoms. The molecule has 3 N–H and O–H groups in total. The number of amidine groups is 1. The van der Waals surface area contributed by atoms with Crippen LogP contribution in [0.4, 0.5) is 0 Å². The summed E-state index contributed by atoms with van der Waals surface area (Å²) >= 11 is 7.53. The first kappa shape index (κ1) is 12.8. The van der Waals surface area contributed by atoms with E-state index >= 15 is 0 Å². The number of hydrogen-bond donors (Lipinski definition) is 2. The first-order chi connectivity index (χ1) is 8.63. The SMILES string of the molecule is Cc1occc1Sc1nccc(/C(N)=N/O)c1Cl. The molecule has 7 heteroatoms. The van der Waals surface area contributed by atoms with Gasteiger partial charge in [-0.1, -0.05) is 28.5 Å². The predicted molar refractivity (Wildman–Crippen MR) is 69.3 cm³/mol. The third-order valence-electron chi connectivity index (χ3n) is 2.26. The number of aromatic nitrogens is 1. The topological polar surface area (TPSA) is 84.6 Å². The Morgan fingerprint density at radius 2 is 2.33 bits per heavy atom. The van der Waals surface area contributed by atoms with Gasteiger partial charge in [-0.3, -0.25) is 0 Å². The van der Waals surface area contributed by atoms with E-state index in [1.54, 1.807) is 18.5 Å². The third kappa shape index (κ3) is 2.44. The molecule has 18 heavy (non-hydrogen) atoms. The van der Waals surface area contributed by atoms with Crippen LogP contribution in [0.2, 0.25) is 5.02 Å². The quantitative estimate of drug-likeness (QED) is 0.391. The number of rotatable bonds is 3. The number of hydrogen-bond acceptors (Lipinski definition) is 5. The van der Waals surface area contributed by atoms with Crippen molar-refractivity contribution in [3.63, 3.8) is 0 Å². The highest BCUT2D eigenvalue weighted by Gasteiger charge is 2.13. The van der Waals surface area contributed by atoms with E-state index in [1.807, 2.05) is 13.0 Å². The second-order valence-corrected chi connectivity index (χ2v) is 4.81. The lowest BCUT2D eigenvalue weighted by molar-refractivity contribution is 0.318. The largest absolute Gasteiger partial charge is 0.468 e. The molecule has 2 aromatic heterocycles. The van der Waals surface area contributed by atoms with Crippen molar-refractivity contribution >= 4 is 29.2 Å². The van der Waals surface area contributed by atoms with Crippen LogP contribution in [-0.4, -0.2) is 16.0 Å². The van der Waals surface area contributed by atoms with Crippen LogP contribution >= 0.6 is 23.4 Å². The van der Waals surface area contributed by atoms with Crippen molar-refractivity contribution in [2.24, 2.45) is 10.9 Å². The van der Waals surface area contributed by atoms with Crippen molar-refractivity contribution in [1.29, 1.82) is 0 Å². The highest BCUT2D eigenvalue weighted by molar-refractivity contribution is 7.99. The van der Waals surface area contributed by atoms with Crippen molar-refractivity contribution in [2.45, 2.75) is 16.8 Å². The second-order valence-electron chi connectivity index (χ2n) is 3.41. The van der Waals surface area contributed by atoms with E-state index in [0.717, 1.165) is 10.7 Å². The van der Waals surface area contributed by atoms with Crippen LogP contribution < -0.4 is 5.73 Å². The molecular weight excluding hydrogens is 274 g/mol. The van der Waals surface area contributed by atoms with E-state index in [1.165, 1.54) is 11.8 Å². The van der Waals surface area contributed by atoms with Gasteiger partial charge in [-0.2, -0.15) is 0 Å². The van der Waals surface area contributed by atoms with Crippen LogP contribution in [0.1, 0.15) is 11.3 Å². The molecule has 5 nitrogen and oxygen atoms in total. The smallest absolute Gasteiger partial charge is 0.171 e. The van der Waals surface area contributed by atoms with Gasteiger partial charge in [-0.15, -0.1) is 0 Å². The number of nitrogens with zero attached hydrogens (tertiary/aromatic N) is 2. The second kappa shape index (κ2) is 5.32. The zero-order chi connectivity index (χ0) is 13.1. The zero-order valence-electron chi connectivity index (χ0n) is 9.42. The van der Waals surface area contributed by atoms with Gasteiger partial charge in [-0.25, -0.2) is 4.98 Å². The van der Waals surface area contributed by atoms with Gasteiger partial charge in [0.1, 0.15) is 10.8 Å². The maximum absolute atomic E-state index is 8.67. The number of oxime groups is 1. The van der Waals surface area contributed by atoms with E-state index in [-0.39, 0.29) is 5.84 Å². The number of nitrogens with two attached hydrogens (primary N) is 1. The van der Waals surface area contributed by atoms with Crippen molar-refractivity contribution < 1.29 is 9.62 Å². The predicted octanol–water partition coefficient (Wildman–Crippen LogP) is 2.88. The molecule has 94 valence electrons. The Kier molecular flexibility index (Phi) is 3.78. The zero-order valence-corrected chi connectivity index (χ0v) is 11.0. The van der Waals surface area contributed by atoms with E-state index in [4.69, 9.17) is 27.0 Å². The first-order valence-corrected chi connectivity index (χ1v) is 6.17. The highest BCUT2D eigenvalue weighted by Crippen LogP contribution is 2.35. The fourth-order valence-electron chi connectivity index (χ4n) is 1.33. The van der Waals surface area contributed by atoms with E-state index in [9.17, 15) is 0 Å². The Labute approximate surface area is 113 Å². The van der Waals surface area contributed by atoms with Gasteiger partial charge < -0.3 is 15.4 Å². The summed E-state index contributed by atoms with van der Waals surface area (Å²) in [5.74, 6) is 0.736. The van der Waals surface area contributed by atoms with Crippen LogP contribution in [0.3, 0.4) is 0 Å². The highest BCUT2D eigenvalue weighted by atomic mass is 35.5. The van der Waals surface area contributed by atoms with Gasteiger partial charge in [0.2, 0.25) is 0 Å². The molecule has 2 rings (SSSR count). The molecule has 0 aliphatic carbocycles. The van der Waals surface area contributed by atoms with Gasteiger partial charge in [0, 0.05) is 11.8 Å². The maximum atomic E-state index is 8.67. The first-order valence-electron chi connectivity index (χ1n) is 4.98. The summed E-state index contributed by atoms with van der Waals surface area (Å²) in [4.78, 5) is 5.09. The van der Waals surface area contributed by atoms with Crippen LogP contribution in [-0.2, 0) is 0 Å². The lowest BCUT2D eigenvalue weighted by Gasteiger charge is -2.06. The number of aryl methyl sites for hydroxylation is 1. The molecule has 0 aromatic carbocycles. The summed E-state index contributed by atoms with van der Waals surface area (Å²) in [6.45, 7) is 1.85. The Morgan fingerprint density at radius 3 is 2.94 bits per heavy atom. The average Bonchev–Trinajstić information content (AvgIpc) is 2.77.